The molecule has 2 heterocycles. The van der Waals surface area contributed by atoms with E-state index in [0.29, 0.717) is 12.2 Å². The van der Waals surface area contributed by atoms with E-state index in [1.54, 1.807) is 6.07 Å². The summed E-state index contributed by atoms with van der Waals surface area (Å²) in [7, 11) is 0. The Morgan fingerprint density at radius 3 is 2.74 bits per heavy atom. The normalized spacial score (nSPS) is 20.9. The minimum Gasteiger partial charge on any atom is -0.337 e. The predicted octanol–water partition coefficient (Wildman–Crippen LogP) is 1.74. The van der Waals surface area contributed by atoms with E-state index in [0.717, 1.165) is 4.90 Å². The number of carbonyl (C=O) groups is 2. The van der Waals surface area contributed by atoms with Crippen molar-refractivity contribution in [1.29, 1.82) is 0 Å². The molecule has 0 aliphatic carbocycles. The van der Waals surface area contributed by atoms with Crippen molar-refractivity contribution in [3.63, 3.8) is 0 Å². The number of hydrogen-bond donors (Lipinski definition) is 1. The molecule has 1 atom stereocenters. The van der Waals surface area contributed by atoms with E-state index >= 15 is 0 Å². The number of halogens is 1. The first kappa shape index (κ1) is 15.1. The molecule has 0 bridgehead atoms. The van der Waals surface area contributed by atoms with Gasteiger partial charge in [0.25, 0.3) is 5.91 Å². The number of rotatable bonds is 4. The SMILES string of the molecule is CCc1noc(CN2C(=O)N[C@](C)(c3ccccc3F)C2=O)n1. The van der Waals surface area contributed by atoms with Gasteiger partial charge in [0, 0.05) is 12.0 Å². The standard InChI is InChI=1S/C15H15FN4O3/c1-3-11-17-12(23-19-11)8-20-13(21)15(2,18-14(20)22)9-6-4-5-7-10(9)16/h4-7H,3,8H2,1-2H3,(H,18,22)/t15-/m1/s1. The van der Waals surface area contributed by atoms with Crippen LogP contribution in [0.15, 0.2) is 28.8 Å². The summed E-state index contributed by atoms with van der Waals surface area (Å²) in [4.78, 5) is 29.8. The maximum Gasteiger partial charge on any atom is 0.325 e. The van der Waals surface area contributed by atoms with E-state index in [2.05, 4.69) is 15.5 Å². The second-order valence-corrected chi connectivity index (χ2v) is 5.38. The van der Waals surface area contributed by atoms with Crippen LogP contribution in [0.25, 0.3) is 0 Å². The molecule has 1 N–H and O–H groups in total. The Balaban J connectivity index is 1.89. The molecule has 0 saturated carbocycles. The Bertz CT molecular complexity index is 776. The summed E-state index contributed by atoms with van der Waals surface area (Å²) >= 11 is 0. The smallest absolute Gasteiger partial charge is 0.325 e. The summed E-state index contributed by atoms with van der Waals surface area (Å²) in [5, 5.41) is 6.26. The number of carbonyl (C=O) groups excluding carboxylic acids is 2. The van der Waals surface area contributed by atoms with Gasteiger partial charge in [0.05, 0.1) is 0 Å². The van der Waals surface area contributed by atoms with Crippen LogP contribution >= 0.6 is 0 Å². The van der Waals surface area contributed by atoms with Gasteiger partial charge in [-0.1, -0.05) is 30.3 Å². The molecule has 1 aliphatic rings. The quantitative estimate of drug-likeness (QED) is 0.868. The fraction of sp³-hybridized carbons (Fsp3) is 0.333. The molecule has 120 valence electrons. The largest absolute Gasteiger partial charge is 0.337 e. The molecule has 2 aromatic rings. The van der Waals surface area contributed by atoms with Gasteiger partial charge in [0.1, 0.15) is 17.9 Å². The highest BCUT2D eigenvalue weighted by Gasteiger charge is 2.50. The fourth-order valence-corrected chi connectivity index (χ4v) is 2.52. The van der Waals surface area contributed by atoms with Crippen LogP contribution in [-0.4, -0.2) is 27.0 Å². The summed E-state index contributed by atoms with van der Waals surface area (Å²) in [6.45, 7) is 3.18. The van der Waals surface area contributed by atoms with Gasteiger partial charge in [-0.2, -0.15) is 4.98 Å². The third-order valence-electron chi connectivity index (χ3n) is 3.81. The van der Waals surface area contributed by atoms with E-state index in [-0.39, 0.29) is 18.0 Å². The van der Waals surface area contributed by atoms with E-state index in [1.807, 2.05) is 6.92 Å². The molecule has 7 nitrogen and oxygen atoms in total. The highest BCUT2D eigenvalue weighted by molar-refractivity contribution is 6.07. The van der Waals surface area contributed by atoms with Gasteiger partial charge in [-0.25, -0.2) is 9.18 Å². The van der Waals surface area contributed by atoms with Gasteiger partial charge < -0.3 is 9.84 Å². The molecule has 1 fully saturated rings. The van der Waals surface area contributed by atoms with Gasteiger partial charge >= 0.3 is 6.03 Å². The van der Waals surface area contributed by atoms with Crippen LogP contribution < -0.4 is 5.32 Å². The third-order valence-corrected chi connectivity index (χ3v) is 3.81. The second-order valence-electron chi connectivity index (χ2n) is 5.38. The third kappa shape index (κ3) is 2.45. The van der Waals surface area contributed by atoms with E-state index in [9.17, 15) is 14.0 Å². The van der Waals surface area contributed by atoms with Crippen LogP contribution in [0.1, 0.15) is 31.1 Å². The fourth-order valence-electron chi connectivity index (χ4n) is 2.52. The van der Waals surface area contributed by atoms with Crippen molar-refractivity contribution < 1.29 is 18.5 Å². The molecule has 1 saturated heterocycles. The Kier molecular flexibility index (Phi) is 3.59. The van der Waals surface area contributed by atoms with E-state index in [4.69, 9.17) is 4.52 Å². The number of amides is 3. The minimum absolute atomic E-state index is 0.112. The lowest BCUT2D eigenvalue weighted by molar-refractivity contribution is -0.131. The average molecular weight is 318 g/mol. The van der Waals surface area contributed by atoms with Crippen LogP contribution in [0.5, 0.6) is 0 Å². The van der Waals surface area contributed by atoms with Crippen molar-refractivity contribution in [3.05, 3.63) is 47.4 Å². The van der Waals surface area contributed by atoms with Gasteiger partial charge in [-0.05, 0) is 13.0 Å². The van der Waals surface area contributed by atoms with Crippen molar-refractivity contribution in [2.24, 2.45) is 0 Å². The maximum absolute atomic E-state index is 14.0. The summed E-state index contributed by atoms with van der Waals surface area (Å²) in [5.74, 6) is -0.479. The molecule has 0 radical (unpaired) electrons. The lowest BCUT2D eigenvalue weighted by atomic mass is 9.91. The first-order valence-corrected chi connectivity index (χ1v) is 7.16. The van der Waals surface area contributed by atoms with Crippen molar-refractivity contribution in [1.82, 2.24) is 20.4 Å². The van der Waals surface area contributed by atoms with Crippen LogP contribution in [-0.2, 0) is 23.3 Å². The number of benzene rings is 1. The first-order chi connectivity index (χ1) is 11.0. The topological polar surface area (TPSA) is 88.3 Å². The molecule has 1 aliphatic heterocycles. The Morgan fingerprint density at radius 1 is 1.35 bits per heavy atom. The Labute approximate surface area is 131 Å². The zero-order valence-electron chi connectivity index (χ0n) is 12.7. The molecule has 23 heavy (non-hydrogen) atoms. The number of hydrogen-bond acceptors (Lipinski definition) is 5. The van der Waals surface area contributed by atoms with Gasteiger partial charge in [0.15, 0.2) is 5.82 Å². The first-order valence-electron chi connectivity index (χ1n) is 7.16. The van der Waals surface area contributed by atoms with Crippen LogP contribution in [0, 0.1) is 5.82 Å². The number of aryl methyl sites for hydroxylation is 1. The highest BCUT2D eigenvalue weighted by Crippen LogP contribution is 2.31. The highest BCUT2D eigenvalue weighted by atomic mass is 19.1. The summed E-state index contributed by atoms with van der Waals surface area (Å²) in [6.07, 6.45) is 0.580. The zero-order valence-corrected chi connectivity index (χ0v) is 12.7. The molecular weight excluding hydrogens is 303 g/mol. The number of nitrogens with zero attached hydrogens (tertiary/aromatic N) is 3. The van der Waals surface area contributed by atoms with Gasteiger partial charge in [0.2, 0.25) is 5.89 Å². The average Bonchev–Trinajstić information content (AvgIpc) is 3.07. The Hall–Kier alpha value is -2.77. The molecule has 3 amide bonds. The number of imide groups is 1. The lowest BCUT2D eigenvalue weighted by Crippen LogP contribution is -2.41. The number of urea groups is 1. The van der Waals surface area contributed by atoms with Crippen molar-refractivity contribution in [2.45, 2.75) is 32.4 Å². The maximum atomic E-state index is 14.0. The molecule has 1 aromatic heterocycles. The lowest BCUT2D eigenvalue weighted by Gasteiger charge is -2.22. The van der Waals surface area contributed by atoms with Crippen LogP contribution in [0.2, 0.25) is 0 Å². The van der Waals surface area contributed by atoms with E-state index < -0.39 is 23.3 Å². The minimum atomic E-state index is -1.46. The van der Waals surface area contributed by atoms with Gasteiger partial charge in [-0.3, -0.25) is 9.69 Å². The predicted molar refractivity (Wildman–Crippen MR) is 76.5 cm³/mol. The second kappa shape index (κ2) is 5.45. The van der Waals surface area contributed by atoms with Crippen molar-refractivity contribution >= 4 is 11.9 Å². The summed E-state index contributed by atoms with van der Waals surface area (Å²) in [5.41, 5.74) is -1.35. The van der Waals surface area contributed by atoms with Crippen LogP contribution in [0.4, 0.5) is 9.18 Å². The van der Waals surface area contributed by atoms with E-state index in [1.165, 1.54) is 25.1 Å². The summed E-state index contributed by atoms with van der Waals surface area (Å²) < 4.78 is 19.0. The Morgan fingerprint density at radius 2 is 2.09 bits per heavy atom. The van der Waals surface area contributed by atoms with Crippen LogP contribution in [0.3, 0.4) is 0 Å². The van der Waals surface area contributed by atoms with Crippen molar-refractivity contribution in [2.75, 3.05) is 0 Å². The molecule has 8 heteroatoms. The molecule has 0 spiro atoms. The summed E-state index contributed by atoms with van der Waals surface area (Å²) in [6, 6.07) is 5.22. The number of nitrogens with one attached hydrogen (secondary N) is 1. The van der Waals surface area contributed by atoms with Crippen molar-refractivity contribution in [3.8, 4) is 0 Å². The molecule has 3 rings (SSSR count). The number of aromatic nitrogens is 2. The molecular formula is C15H15FN4O3. The zero-order chi connectivity index (χ0) is 16.6. The molecule has 1 aromatic carbocycles. The van der Waals surface area contributed by atoms with Gasteiger partial charge in [-0.15, -0.1) is 0 Å². The monoisotopic (exact) mass is 318 g/mol. The molecule has 0 unspecified atom stereocenters.